The second-order valence-electron chi connectivity index (χ2n) is 5.23. The molecule has 17 heavy (non-hydrogen) atoms. The number of hydrogen-bond acceptors (Lipinski definition) is 2. The minimum absolute atomic E-state index is 0.232. The van der Waals surface area contributed by atoms with Gasteiger partial charge in [-0.1, -0.05) is 13.0 Å². The summed E-state index contributed by atoms with van der Waals surface area (Å²) in [5.74, 6) is 0.380. The van der Waals surface area contributed by atoms with E-state index < -0.39 is 6.10 Å². The van der Waals surface area contributed by atoms with E-state index in [4.69, 9.17) is 0 Å². The van der Waals surface area contributed by atoms with E-state index in [1.807, 2.05) is 0 Å². The fourth-order valence-corrected chi connectivity index (χ4v) is 2.65. The van der Waals surface area contributed by atoms with Gasteiger partial charge < -0.3 is 10.0 Å². The number of rotatable bonds is 2. The molecule has 2 unspecified atom stereocenters. The molecule has 0 spiro atoms. The normalized spacial score (nSPS) is 26.3. The van der Waals surface area contributed by atoms with Crippen LogP contribution in [-0.4, -0.2) is 17.7 Å². The molecule has 0 radical (unpaired) electrons. The maximum Gasteiger partial charge on any atom is 0.146 e. The second kappa shape index (κ2) is 4.65. The van der Waals surface area contributed by atoms with Crippen LogP contribution in [0.15, 0.2) is 18.2 Å². The number of aliphatic hydroxyl groups excluding tert-OH is 1. The Kier molecular flexibility index (Phi) is 3.38. The molecule has 2 rings (SSSR count). The highest BCUT2D eigenvalue weighted by Gasteiger charge is 2.28. The molecule has 1 aromatic rings. The Morgan fingerprint density at radius 2 is 2.12 bits per heavy atom. The van der Waals surface area contributed by atoms with Crippen molar-refractivity contribution in [2.75, 3.05) is 11.4 Å². The summed E-state index contributed by atoms with van der Waals surface area (Å²) in [7, 11) is 0. The van der Waals surface area contributed by atoms with Crippen LogP contribution in [0.2, 0.25) is 0 Å². The number of aliphatic hydroxyl groups is 1. The van der Waals surface area contributed by atoms with Crippen molar-refractivity contribution in [3.05, 3.63) is 29.6 Å². The van der Waals surface area contributed by atoms with E-state index in [1.54, 1.807) is 19.1 Å². The van der Waals surface area contributed by atoms with Crippen LogP contribution in [-0.2, 0) is 0 Å². The summed E-state index contributed by atoms with van der Waals surface area (Å²) in [6.45, 7) is 6.88. The van der Waals surface area contributed by atoms with Crippen molar-refractivity contribution in [1.82, 2.24) is 0 Å². The molecule has 0 bridgehead atoms. The van der Waals surface area contributed by atoms with Crippen molar-refractivity contribution in [2.24, 2.45) is 5.92 Å². The van der Waals surface area contributed by atoms with Gasteiger partial charge in [0.25, 0.3) is 0 Å². The standard InChI is InChI=1S/C14H20FNO/c1-9-6-10(2)16(8-9)14-5-4-12(11(3)17)7-13(14)15/h4-5,7,9-11,17H,6,8H2,1-3H3/t9?,10?,11-/m1/s1. The molecule has 0 aromatic heterocycles. The lowest BCUT2D eigenvalue weighted by Crippen LogP contribution is -2.27. The summed E-state index contributed by atoms with van der Waals surface area (Å²) in [5.41, 5.74) is 1.29. The van der Waals surface area contributed by atoms with Gasteiger partial charge in [-0.3, -0.25) is 0 Å². The van der Waals surface area contributed by atoms with Gasteiger partial charge in [0.2, 0.25) is 0 Å². The van der Waals surface area contributed by atoms with Crippen molar-refractivity contribution >= 4 is 5.69 Å². The molecule has 0 aliphatic carbocycles. The number of benzene rings is 1. The van der Waals surface area contributed by atoms with Crippen LogP contribution in [0.5, 0.6) is 0 Å². The van der Waals surface area contributed by atoms with E-state index in [-0.39, 0.29) is 5.82 Å². The molecule has 3 atom stereocenters. The van der Waals surface area contributed by atoms with Crippen molar-refractivity contribution in [3.8, 4) is 0 Å². The lowest BCUT2D eigenvalue weighted by Gasteiger charge is -2.24. The first-order valence-corrected chi connectivity index (χ1v) is 6.23. The average molecular weight is 237 g/mol. The molecule has 1 saturated heterocycles. The van der Waals surface area contributed by atoms with Crippen molar-refractivity contribution in [3.63, 3.8) is 0 Å². The summed E-state index contributed by atoms with van der Waals surface area (Å²) >= 11 is 0. The number of hydrogen-bond donors (Lipinski definition) is 1. The van der Waals surface area contributed by atoms with Gasteiger partial charge in [-0.15, -0.1) is 0 Å². The van der Waals surface area contributed by atoms with Gasteiger partial charge in [0, 0.05) is 12.6 Å². The molecule has 94 valence electrons. The van der Waals surface area contributed by atoms with E-state index in [9.17, 15) is 9.50 Å². The Hall–Kier alpha value is -1.09. The van der Waals surface area contributed by atoms with Crippen LogP contribution in [0.25, 0.3) is 0 Å². The zero-order valence-corrected chi connectivity index (χ0v) is 10.7. The minimum Gasteiger partial charge on any atom is -0.389 e. The number of anilines is 1. The summed E-state index contributed by atoms with van der Waals surface area (Å²) in [6.07, 6.45) is 0.492. The van der Waals surface area contributed by atoms with Crippen molar-refractivity contribution < 1.29 is 9.50 Å². The molecule has 1 N–H and O–H groups in total. The van der Waals surface area contributed by atoms with Gasteiger partial charge in [-0.25, -0.2) is 4.39 Å². The van der Waals surface area contributed by atoms with E-state index in [2.05, 4.69) is 18.7 Å². The molecule has 1 heterocycles. The second-order valence-corrected chi connectivity index (χ2v) is 5.23. The predicted molar refractivity (Wildman–Crippen MR) is 67.6 cm³/mol. The molecule has 2 nitrogen and oxygen atoms in total. The first-order chi connectivity index (χ1) is 7.99. The highest BCUT2D eigenvalue weighted by molar-refractivity contribution is 5.51. The molecule has 0 amide bonds. The molecule has 3 heteroatoms. The zero-order valence-electron chi connectivity index (χ0n) is 10.7. The smallest absolute Gasteiger partial charge is 0.146 e. The fourth-order valence-electron chi connectivity index (χ4n) is 2.65. The first kappa shape index (κ1) is 12.4. The SMILES string of the molecule is CC1CC(C)N(c2ccc([C@@H](C)O)cc2F)C1. The van der Waals surface area contributed by atoms with Crippen LogP contribution >= 0.6 is 0 Å². The maximum absolute atomic E-state index is 14.0. The lowest BCUT2D eigenvalue weighted by atomic mass is 10.1. The number of nitrogens with zero attached hydrogens (tertiary/aromatic N) is 1. The molecule has 1 fully saturated rings. The Morgan fingerprint density at radius 3 is 2.59 bits per heavy atom. The molecule has 1 aromatic carbocycles. The van der Waals surface area contributed by atoms with Crippen LogP contribution in [0, 0.1) is 11.7 Å². The maximum atomic E-state index is 14.0. The fraction of sp³-hybridized carbons (Fsp3) is 0.571. The van der Waals surface area contributed by atoms with Crippen LogP contribution in [0.1, 0.15) is 38.9 Å². The summed E-state index contributed by atoms with van der Waals surface area (Å²) in [4.78, 5) is 2.12. The van der Waals surface area contributed by atoms with Crippen molar-refractivity contribution in [2.45, 2.75) is 39.3 Å². The minimum atomic E-state index is -0.617. The molecule has 0 saturated carbocycles. The van der Waals surface area contributed by atoms with E-state index in [1.165, 1.54) is 6.07 Å². The molecular formula is C14H20FNO. The third kappa shape index (κ3) is 2.44. The highest BCUT2D eigenvalue weighted by Crippen LogP contribution is 2.31. The monoisotopic (exact) mass is 237 g/mol. The van der Waals surface area contributed by atoms with Gasteiger partial charge in [0.1, 0.15) is 5.82 Å². The Balaban J connectivity index is 2.28. The molecular weight excluding hydrogens is 217 g/mol. The third-order valence-corrected chi connectivity index (χ3v) is 3.55. The Bertz CT molecular complexity index is 405. The summed E-state index contributed by atoms with van der Waals surface area (Å²) < 4.78 is 14.0. The Labute approximate surface area is 102 Å². The van der Waals surface area contributed by atoms with Gasteiger partial charge >= 0.3 is 0 Å². The topological polar surface area (TPSA) is 23.5 Å². The third-order valence-electron chi connectivity index (χ3n) is 3.55. The first-order valence-electron chi connectivity index (χ1n) is 6.23. The van der Waals surface area contributed by atoms with Gasteiger partial charge in [0.15, 0.2) is 0 Å². The van der Waals surface area contributed by atoms with Crippen LogP contribution in [0.4, 0.5) is 10.1 Å². The van der Waals surface area contributed by atoms with Gasteiger partial charge in [-0.05, 0) is 43.9 Å². The van der Waals surface area contributed by atoms with E-state index in [0.29, 0.717) is 23.2 Å². The zero-order chi connectivity index (χ0) is 12.6. The molecule has 1 aliphatic heterocycles. The quantitative estimate of drug-likeness (QED) is 0.854. The Morgan fingerprint density at radius 1 is 1.41 bits per heavy atom. The highest BCUT2D eigenvalue weighted by atomic mass is 19.1. The molecule has 1 aliphatic rings. The number of halogens is 1. The van der Waals surface area contributed by atoms with E-state index >= 15 is 0 Å². The van der Waals surface area contributed by atoms with Crippen molar-refractivity contribution in [1.29, 1.82) is 0 Å². The van der Waals surface area contributed by atoms with Crippen LogP contribution < -0.4 is 4.90 Å². The van der Waals surface area contributed by atoms with Crippen LogP contribution in [0.3, 0.4) is 0 Å². The largest absolute Gasteiger partial charge is 0.389 e. The van der Waals surface area contributed by atoms with Gasteiger partial charge in [-0.2, -0.15) is 0 Å². The predicted octanol–water partition coefficient (Wildman–Crippen LogP) is 3.11. The average Bonchev–Trinajstić information content (AvgIpc) is 2.57. The summed E-state index contributed by atoms with van der Waals surface area (Å²) in [6, 6.07) is 5.41. The van der Waals surface area contributed by atoms with E-state index in [0.717, 1.165) is 13.0 Å². The summed E-state index contributed by atoms with van der Waals surface area (Å²) in [5, 5.41) is 9.42. The van der Waals surface area contributed by atoms with Gasteiger partial charge in [0.05, 0.1) is 11.8 Å². The lowest BCUT2D eigenvalue weighted by molar-refractivity contribution is 0.199.